The van der Waals surface area contributed by atoms with E-state index in [4.69, 9.17) is 5.73 Å². The number of benzene rings is 1. The molecule has 1 aromatic carbocycles. The Labute approximate surface area is 159 Å². The van der Waals surface area contributed by atoms with Crippen LogP contribution < -0.4 is 16.4 Å². The quantitative estimate of drug-likeness (QED) is 0.487. The number of hydrogen-bond donors (Lipinski definition) is 3. The highest BCUT2D eigenvalue weighted by atomic mass is 16.2. The smallest absolute Gasteiger partial charge is 0.255 e. The van der Waals surface area contributed by atoms with Gasteiger partial charge in [0.25, 0.3) is 5.91 Å². The highest BCUT2D eigenvalue weighted by molar-refractivity contribution is 6.05. The van der Waals surface area contributed by atoms with Gasteiger partial charge >= 0.3 is 0 Å². The second-order valence-corrected chi connectivity index (χ2v) is 8.19. The fraction of sp³-hybridized carbons (Fsp3) is 0.550. The lowest BCUT2D eigenvalue weighted by atomic mass is 9.90. The van der Waals surface area contributed by atoms with Gasteiger partial charge in [0.1, 0.15) is 6.04 Å². The van der Waals surface area contributed by atoms with Crippen LogP contribution in [0.4, 0.5) is 0 Å². The second-order valence-electron chi connectivity index (χ2n) is 8.19. The van der Waals surface area contributed by atoms with E-state index in [9.17, 15) is 14.4 Å². The average Bonchev–Trinajstić information content (AvgIpc) is 2.95. The van der Waals surface area contributed by atoms with Crippen molar-refractivity contribution < 1.29 is 14.4 Å². The molecule has 2 heterocycles. The topological polar surface area (TPSA) is 105 Å². The molecule has 1 unspecified atom stereocenters. The number of rotatable bonds is 7. The maximum atomic E-state index is 12.8. The number of carbonyl (C=O) groups is 3. The molecular formula is C20H28N4O3. The first kappa shape index (κ1) is 19.5. The summed E-state index contributed by atoms with van der Waals surface area (Å²) in [6.07, 6.45) is 1.64. The Hall–Kier alpha value is -2.25. The Balaban J connectivity index is 1.61. The second kappa shape index (κ2) is 7.78. The van der Waals surface area contributed by atoms with Gasteiger partial charge in [-0.05, 0) is 48.5 Å². The standard InChI is InChI=1S/C20H28N4O3/c1-20(2,12-21)7-8-22-10-13-3-4-14-11-24(19(27)15(14)9-13)16-5-6-17(25)23-18(16)26/h3-4,9,16,22H,5-8,10-12,21H2,1-2H3,(H,23,25,26). The molecule has 1 fully saturated rings. The summed E-state index contributed by atoms with van der Waals surface area (Å²) in [4.78, 5) is 37.8. The maximum Gasteiger partial charge on any atom is 0.255 e. The molecular weight excluding hydrogens is 344 g/mol. The minimum atomic E-state index is -0.567. The van der Waals surface area contributed by atoms with Crippen molar-refractivity contribution in [3.63, 3.8) is 0 Å². The summed E-state index contributed by atoms with van der Waals surface area (Å²) < 4.78 is 0. The zero-order chi connectivity index (χ0) is 19.6. The first-order chi connectivity index (χ1) is 12.8. The molecule has 0 spiro atoms. The minimum Gasteiger partial charge on any atom is -0.330 e. The zero-order valence-corrected chi connectivity index (χ0v) is 16.0. The molecule has 7 nitrogen and oxygen atoms in total. The van der Waals surface area contributed by atoms with Crippen molar-refractivity contribution in [2.45, 2.75) is 52.2 Å². The van der Waals surface area contributed by atoms with E-state index in [0.717, 1.165) is 24.1 Å². The van der Waals surface area contributed by atoms with Crippen LogP contribution in [0.3, 0.4) is 0 Å². The molecule has 0 radical (unpaired) electrons. The van der Waals surface area contributed by atoms with Crippen LogP contribution in [0.25, 0.3) is 0 Å². The van der Waals surface area contributed by atoms with Crippen molar-refractivity contribution in [3.05, 3.63) is 34.9 Å². The van der Waals surface area contributed by atoms with Gasteiger partial charge in [0.05, 0.1) is 0 Å². The Morgan fingerprint density at radius 3 is 2.78 bits per heavy atom. The minimum absolute atomic E-state index is 0.114. The molecule has 2 aliphatic rings. The summed E-state index contributed by atoms with van der Waals surface area (Å²) >= 11 is 0. The third-order valence-corrected chi connectivity index (χ3v) is 5.45. The highest BCUT2D eigenvalue weighted by Gasteiger charge is 2.39. The van der Waals surface area contributed by atoms with E-state index in [2.05, 4.69) is 24.5 Å². The molecule has 2 aliphatic heterocycles. The van der Waals surface area contributed by atoms with Crippen molar-refractivity contribution in [1.82, 2.24) is 15.5 Å². The first-order valence-corrected chi connectivity index (χ1v) is 9.48. The van der Waals surface area contributed by atoms with Gasteiger partial charge < -0.3 is 16.0 Å². The SMILES string of the molecule is CC(C)(CN)CCNCc1ccc2c(c1)C(=O)N(C1CCC(=O)NC1=O)C2. The van der Waals surface area contributed by atoms with Gasteiger partial charge in [0.15, 0.2) is 0 Å². The number of hydrogen-bond acceptors (Lipinski definition) is 5. The lowest BCUT2D eigenvalue weighted by molar-refractivity contribution is -0.136. The van der Waals surface area contributed by atoms with E-state index in [0.29, 0.717) is 31.6 Å². The van der Waals surface area contributed by atoms with Gasteiger partial charge in [-0.3, -0.25) is 19.7 Å². The summed E-state index contributed by atoms with van der Waals surface area (Å²) in [5, 5.41) is 5.73. The Morgan fingerprint density at radius 2 is 2.07 bits per heavy atom. The number of amides is 3. The van der Waals surface area contributed by atoms with E-state index in [-0.39, 0.29) is 29.6 Å². The lowest BCUT2D eigenvalue weighted by Gasteiger charge is -2.29. The highest BCUT2D eigenvalue weighted by Crippen LogP contribution is 2.28. The normalized spacial score (nSPS) is 20.0. The Kier molecular flexibility index (Phi) is 5.62. The summed E-state index contributed by atoms with van der Waals surface area (Å²) in [5.41, 5.74) is 8.49. The predicted octanol–water partition coefficient (Wildman–Crippen LogP) is 0.912. The fourth-order valence-electron chi connectivity index (χ4n) is 3.47. The van der Waals surface area contributed by atoms with E-state index >= 15 is 0 Å². The molecule has 1 atom stereocenters. The number of nitrogens with two attached hydrogens (primary N) is 1. The number of fused-ring (bicyclic) bond motifs is 1. The average molecular weight is 372 g/mol. The van der Waals surface area contributed by atoms with Crippen molar-refractivity contribution in [2.24, 2.45) is 11.1 Å². The van der Waals surface area contributed by atoms with E-state index in [1.807, 2.05) is 18.2 Å². The molecule has 1 aromatic rings. The summed E-state index contributed by atoms with van der Waals surface area (Å²) in [6, 6.07) is 5.31. The van der Waals surface area contributed by atoms with Crippen LogP contribution in [0.15, 0.2) is 18.2 Å². The summed E-state index contributed by atoms with van der Waals surface area (Å²) in [5.74, 6) is -0.783. The van der Waals surface area contributed by atoms with Crippen LogP contribution >= 0.6 is 0 Å². The third kappa shape index (κ3) is 4.36. The van der Waals surface area contributed by atoms with Crippen molar-refractivity contribution in [2.75, 3.05) is 13.1 Å². The van der Waals surface area contributed by atoms with Crippen molar-refractivity contribution >= 4 is 17.7 Å². The van der Waals surface area contributed by atoms with Crippen LogP contribution in [0.5, 0.6) is 0 Å². The molecule has 0 aromatic heterocycles. The monoisotopic (exact) mass is 372 g/mol. The van der Waals surface area contributed by atoms with Crippen molar-refractivity contribution in [3.8, 4) is 0 Å². The molecule has 0 bridgehead atoms. The van der Waals surface area contributed by atoms with Gasteiger partial charge in [-0.15, -0.1) is 0 Å². The van der Waals surface area contributed by atoms with Crippen LogP contribution in [0.2, 0.25) is 0 Å². The van der Waals surface area contributed by atoms with Gasteiger partial charge in [0, 0.05) is 25.1 Å². The molecule has 3 amide bonds. The number of carbonyl (C=O) groups excluding carboxylic acids is 3. The number of imide groups is 1. The molecule has 146 valence electrons. The van der Waals surface area contributed by atoms with Gasteiger partial charge in [-0.1, -0.05) is 26.0 Å². The molecule has 7 heteroatoms. The molecule has 27 heavy (non-hydrogen) atoms. The van der Waals surface area contributed by atoms with Gasteiger partial charge in [-0.25, -0.2) is 0 Å². The van der Waals surface area contributed by atoms with E-state index in [1.165, 1.54) is 0 Å². The molecule has 0 aliphatic carbocycles. The molecule has 3 rings (SSSR count). The van der Waals surface area contributed by atoms with Gasteiger partial charge in [-0.2, -0.15) is 0 Å². The summed E-state index contributed by atoms with van der Waals surface area (Å²) in [6.45, 7) is 6.90. The van der Waals surface area contributed by atoms with Gasteiger partial charge in [0.2, 0.25) is 11.8 Å². The van der Waals surface area contributed by atoms with E-state index < -0.39 is 6.04 Å². The molecule has 1 saturated heterocycles. The largest absolute Gasteiger partial charge is 0.330 e. The predicted molar refractivity (Wildman–Crippen MR) is 102 cm³/mol. The number of nitrogens with zero attached hydrogens (tertiary/aromatic N) is 1. The Morgan fingerprint density at radius 1 is 1.30 bits per heavy atom. The zero-order valence-electron chi connectivity index (χ0n) is 16.0. The van der Waals surface area contributed by atoms with E-state index in [1.54, 1.807) is 4.90 Å². The fourth-order valence-corrected chi connectivity index (χ4v) is 3.47. The third-order valence-electron chi connectivity index (χ3n) is 5.45. The Bertz CT molecular complexity index is 760. The summed E-state index contributed by atoms with van der Waals surface area (Å²) in [7, 11) is 0. The first-order valence-electron chi connectivity index (χ1n) is 9.48. The van der Waals surface area contributed by atoms with Crippen LogP contribution in [0, 0.1) is 5.41 Å². The molecule has 4 N–H and O–H groups in total. The maximum absolute atomic E-state index is 12.8. The molecule has 0 saturated carbocycles. The van der Waals surface area contributed by atoms with Crippen LogP contribution in [-0.2, 0) is 22.7 Å². The van der Waals surface area contributed by atoms with Crippen LogP contribution in [-0.4, -0.2) is 41.8 Å². The number of piperidine rings is 1. The lowest BCUT2D eigenvalue weighted by Crippen LogP contribution is -2.52. The number of nitrogens with one attached hydrogen (secondary N) is 2. The van der Waals surface area contributed by atoms with Crippen molar-refractivity contribution in [1.29, 1.82) is 0 Å². The van der Waals surface area contributed by atoms with Crippen LogP contribution in [0.1, 0.15) is 54.6 Å².